The van der Waals surface area contributed by atoms with Gasteiger partial charge in [-0.3, -0.25) is 0 Å². The number of ether oxygens (including phenoxy) is 2. The Morgan fingerprint density at radius 3 is 2.19 bits per heavy atom. The monoisotopic (exact) mass is 220 g/mol. The van der Waals surface area contributed by atoms with Crippen molar-refractivity contribution in [2.75, 3.05) is 7.11 Å². The molecule has 0 aromatic heterocycles. The van der Waals surface area contributed by atoms with E-state index >= 15 is 0 Å². The molecule has 1 aromatic carbocycles. The van der Waals surface area contributed by atoms with Crippen molar-refractivity contribution in [3.63, 3.8) is 0 Å². The second kappa shape index (κ2) is 5.70. The van der Waals surface area contributed by atoms with Crippen molar-refractivity contribution in [3.8, 4) is 5.75 Å². The Kier molecular flexibility index (Phi) is 4.27. The highest BCUT2D eigenvalue weighted by Crippen LogP contribution is 2.11. The summed E-state index contributed by atoms with van der Waals surface area (Å²) in [6.45, 7) is 1.93. The lowest BCUT2D eigenvalue weighted by atomic mass is 10.2. The Morgan fingerprint density at radius 1 is 1.06 bits per heavy atom. The van der Waals surface area contributed by atoms with E-state index in [0.717, 1.165) is 17.7 Å². The van der Waals surface area contributed by atoms with Gasteiger partial charge in [-0.25, -0.2) is 9.59 Å². The first kappa shape index (κ1) is 12.0. The van der Waals surface area contributed by atoms with E-state index in [2.05, 4.69) is 4.74 Å². The van der Waals surface area contributed by atoms with Crippen LogP contribution in [0.25, 0.3) is 0 Å². The van der Waals surface area contributed by atoms with Gasteiger partial charge in [-0.15, -0.1) is 0 Å². The summed E-state index contributed by atoms with van der Waals surface area (Å²) in [4.78, 5) is 21.9. The van der Waals surface area contributed by atoms with Crippen LogP contribution in [0.15, 0.2) is 36.4 Å². The van der Waals surface area contributed by atoms with E-state index in [-0.39, 0.29) is 0 Å². The average Bonchev–Trinajstić information content (AvgIpc) is 2.29. The van der Waals surface area contributed by atoms with Gasteiger partial charge in [0.25, 0.3) is 0 Å². The molecule has 0 saturated carbocycles. The summed E-state index contributed by atoms with van der Waals surface area (Å²) in [6.07, 6.45) is 2.03. The van der Waals surface area contributed by atoms with E-state index in [0.29, 0.717) is 5.75 Å². The highest BCUT2D eigenvalue weighted by molar-refractivity contribution is 5.92. The molecule has 0 saturated heterocycles. The zero-order valence-corrected chi connectivity index (χ0v) is 9.10. The molecule has 0 aliphatic heterocycles. The average molecular weight is 220 g/mol. The van der Waals surface area contributed by atoms with Gasteiger partial charge >= 0.3 is 11.9 Å². The maximum absolute atomic E-state index is 11.2. The maximum Gasteiger partial charge on any atom is 0.336 e. The fourth-order valence-corrected chi connectivity index (χ4v) is 0.961. The van der Waals surface area contributed by atoms with Gasteiger partial charge in [0.15, 0.2) is 0 Å². The van der Waals surface area contributed by atoms with Crippen LogP contribution in [0, 0.1) is 6.92 Å². The highest BCUT2D eigenvalue weighted by atomic mass is 16.5. The Morgan fingerprint density at radius 2 is 1.62 bits per heavy atom. The number of rotatable bonds is 3. The van der Waals surface area contributed by atoms with Gasteiger partial charge in [0.1, 0.15) is 5.75 Å². The summed E-state index contributed by atoms with van der Waals surface area (Å²) >= 11 is 0. The maximum atomic E-state index is 11.2. The summed E-state index contributed by atoms with van der Waals surface area (Å²) in [7, 11) is 1.23. The van der Waals surface area contributed by atoms with Crippen molar-refractivity contribution < 1.29 is 19.1 Å². The molecule has 0 aliphatic rings. The second-order valence-corrected chi connectivity index (χ2v) is 3.09. The first-order valence-electron chi connectivity index (χ1n) is 4.66. The third kappa shape index (κ3) is 3.96. The summed E-state index contributed by atoms with van der Waals surface area (Å²) in [5.74, 6) is -0.778. The molecule has 0 aliphatic carbocycles. The van der Waals surface area contributed by atoms with E-state index in [1.54, 1.807) is 12.1 Å². The highest BCUT2D eigenvalue weighted by Gasteiger charge is 2.01. The Balaban J connectivity index is 2.55. The standard InChI is InChI=1S/C12H12O4/c1-9-3-5-10(6-4-9)16-12(14)8-7-11(13)15-2/h3-8H,1-2H3/b8-7+. The van der Waals surface area contributed by atoms with E-state index in [9.17, 15) is 9.59 Å². The van der Waals surface area contributed by atoms with Gasteiger partial charge in [0.2, 0.25) is 0 Å². The van der Waals surface area contributed by atoms with Crippen molar-refractivity contribution in [2.45, 2.75) is 6.92 Å². The van der Waals surface area contributed by atoms with Crippen LogP contribution in [-0.4, -0.2) is 19.0 Å². The number of carbonyl (C=O) groups excluding carboxylic acids is 2. The molecule has 0 heterocycles. The van der Waals surface area contributed by atoms with Crippen LogP contribution in [0.5, 0.6) is 5.75 Å². The first-order valence-corrected chi connectivity index (χ1v) is 4.66. The molecule has 4 nitrogen and oxygen atoms in total. The second-order valence-electron chi connectivity index (χ2n) is 3.09. The number of esters is 2. The lowest BCUT2D eigenvalue weighted by molar-refractivity contribution is -0.135. The molecule has 16 heavy (non-hydrogen) atoms. The number of carbonyl (C=O) groups is 2. The van der Waals surface area contributed by atoms with Crippen molar-refractivity contribution in [1.29, 1.82) is 0 Å². The lowest BCUT2D eigenvalue weighted by Gasteiger charge is -2.00. The zero-order valence-electron chi connectivity index (χ0n) is 9.10. The molecule has 4 heteroatoms. The van der Waals surface area contributed by atoms with Crippen molar-refractivity contribution >= 4 is 11.9 Å². The largest absolute Gasteiger partial charge is 0.466 e. The molecule has 84 valence electrons. The molecule has 0 N–H and O–H groups in total. The van der Waals surface area contributed by atoms with Gasteiger partial charge in [0.05, 0.1) is 7.11 Å². The van der Waals surface area contributed by atoms with Gasteiger partial charge < -0.3 is 9.47 Å². The number of benzene rings is 1. The molecule has 0 amide bonds. The molecule has 0 fully saturated rings. The van der Waals surface area contributed by atoms with E-state index < -0.39 is 11.9 Å². The van der Waals surface area contributed by atoms with Gasteiger partial charge in [-0.2, -0.15) is 0 Å². The third-order valence-corrected chi connectivity index (χ3v) is 1.80. The van der Waals surface area contributed by atoms with Crippen LogP contribution in [0.1, 0.15) is 5.56 Å². The number of hydrogen-bond acceptors (Lipinski definition) is 4. The van der Waals surface area contributed by atoms with Crippen LogP contribution in [0.3, 0.4) is 0 Å². The van der Waals surface area contributed by atoms with Gasteiger partial charge in [-0.05, 0) is 19.1 Å². The summed E-state index contributed by atoms with van der Waals surface area (Å²) in [5, 5.41) is 0. The minimum atomic E-state index is -0.616. The van der Waals surface area contributed by atoms with Gasteiger partial charge in [-0.1, -0.05) is 17.7 Å². The normalized spacial score (nSPS) is 10.1. The zero-order chi connectivity index (χ0) is 12.0. The molecule has 0 unspecified atom stereocenters. The SMILES string of the molecule is COC(=O)/C=C/C(=O)Oc1ccc(C)cc1. The fourth-order valence-electron chi connectivity index (χ4n) is 0.961. The summed E-state index contributed by atoms with van der Waals surface area (Å²) < 4.78 is 9.26. The number of hydrogen-bond donors (Lipinski definition) is 0. The Hall–Kier alpha value is -2.10. The van der Waals surface area contributed by atoms with Crippen LogP contribution >= 0.6 is 0 Å². The minimum Gasteiger partial charge on any atom is -0.466 e. The lowest BCUT2D eigenvalue weighted by Crippen LogP contribution is -2.05. The number of aryl methyl sites for hydroxylation is 1. The molecule has 1 rings (SSSR count). The van der Waals surface area contributed by atoms with Crippen molar-refractivity contribution in [3.05, 3.63) is 42.0 Å². The van der Waals surface area contributed by atoms with Crippen molar-refractivity contribution in [1.82, 2.24) is 0 Å². The van der Waals surface area contributed by atoms with Gasteiger partial charge in [0, 0.05) is 12.2 Å². The predicted octanol–water partition coefficient (Wildman–Crippen LogP) is 1.63. The fraction of sp³-hybridized carbons (Fsp3) is 0.167. The summed E-state index contributed by atoms with van der Waals surface area (Å²) in [6, 6.07) is 7.01. The molecule has 0 radical (unpaired) electrons. The third-order valence-electron chi connectivity index (χ3n) is 1.80. The molecular weight excluding hydrogens is 208 g/mol. The Bertz CT molecular complexity index is 404. The predicted molar refractivity (Wildman–Crippen MR) is 58.0 cm³/mol. The minimum absolute atomic E-state index is 0.435. The smallest absolute Gasteiger partial charge is 0.336 e. The first-order chi connectivity index (χ1) is 7.61. The van der Waals surface area contributed by atoms with Crippen LogP contribution < -0.4 is 4.74 Å². The van der Waals surface area contributed by atoms with Crippen LogP contribution in [-0.2, 0) is 14.3 Å². The summed E-state index contributed by atoms with van der Waals surface area (Å²) in [5.41, 5.74) is 1.07. The Labute approximate surface area is 93.5 Å². The molecule has 0 bridgehead atoms. The van der Waals surface area contributed by atoms with E-state index in [1.165, 1.54) is 7.11 Å². The van der Waals surface area contributed by atoms with E-state index in [1.807, 2.05) is 19.1 Å². The molecule has 0 atom stereocenters. The van der Waals surface area contributed by atoms with Crippen LogP contribution in [0.2, 0.25) is 0 Å². The molecule has 0 spiro atoms. The molecular formula is C12H12O4. The van der Waals surface area contributed by atoms with Crippen molar-refractivity contribution in [2.24, 2.45) is 0 Å². The van der Waals surface area contributed by atoms with Crippen LogP contribution in [0.4, 0.5) is 0 Å². The molecule has 1 aromatic rings. The topological polar surface area (TPSA) is 52.6 Å². The number of methoxy groups -OCH3 is 1. The quantitative estimate of drug-likeness (QED) is 0.441. The van der Waals surface area contributed by atoms with E-state index in [4.69, 9.17) is 4.74 Å².